The number of anilines is 1. The average Bonchev–Trinajstić information content (AvgIpc) is 3.63. The Balaban J connectivity index is 1.29. The van der Waals surface area contributed by atoms with Crippen LogP contribution in [0.3, 0.4) is 0 Å². The Labute approximate surface area is 301 Å². The zero-order valence-electron chi connectivity index (χ0n) is 28.2. The molecular weight excluding hydrogens is 742 g/mol. The minimum atomic E-state index is -3.80. The van der Waals surface area contributed by atoms with Crippen molar-refractivity contribution in [1.82, 2.24) is 34.4 Å². The molecule has 0 bridgehead atoms. The maximum atomic E-state index is 15.3. The van der Waals surface area contributed by atoms with E-state index in [1.165, 1.54) is 36.0 Å². The van der Waals surface area contributed by atoms with Crippen LogP contribution in [0, 0.1) is 17.6 Å². The number of alkyl halides is 4. The molecule has 2 aliphatic rings. The molecule has 2 aliphatic carbocycles. The van der Waals surface area contributed by atoms with Gasteiger partial charge in [-0.15, -0.1) is 0 Å². The van der Waals surface area contributed by atoms with Gasteiger partial charge in [-0.2, -0.15) is 19.0 Å². The molecule has 3 aromatic heterocycles. The zero-order valence-corrected chi connectivity index (χ0v) is 29.0. The minimum absolute atomic E-state index is 0.0109. The van der Waals surface area contributed by atoms with Crippen molar-refractivity contribution in [3.8, 4) is 5.69 Å². The third-order valence-electron chi connectivity index (χ3n) is 9.64. The van der Waals surface area contributed by atoms with Crippen molar-refractivity contribution in [2.24, 2.45) is 13.0 Å². The summed E-state index contributed by atoms with van der Waals surface area (Å²) in [5, 5.41) is 11.1. The van der Waals surface area contributed by atoms with E-state index in [0.717, 1.165) is 23.0 Å². The number of aromatic nitrogens is 6. The largest absolute Gasteiger partial charge is 0.344 e. The van der Waals surface area contributed by atoms with E-state index < -0.39 is 87.7 Å². The van der Waals surface area contributed by atoms with Gasteiger partial charge in [-0.3, -0.25) is 28.2 Å². The predicted octanol–water partition coefficient (Wildman–Crippen LogP) is 5.37. The van der Waals surface area contributed by atoms with Crippen LogP contribution in [0.25, 0.3) is 27.5 Å². The summed E-state index contributed by atoms with van der Waals surface area (Å²) in [4.78, 5) is 33.0. The average molecular weight is 771 g/mol. The van der Waals surface area contributed by atoms with E-state index in [4.69, 9.17) is 4.98 Å². The van der Waals surface area contributed by atoms with Crippen molar-refractivity contribution >= 4 is 43.6 Å². The quantitative estimate of drug-likeness (QED) is 0.178. The lowest BCUT2D eigenvalue weighted by atomic mass is 10.0. The number of amides is 1. The topological polar surface area (TPSA) is 146 Å². The van der Waals surface area contributed by atoms with E-state index in [-0.39, 0.29) is 56.7 Å². The van der Waals surface area contributed by atoms with Crippen LogP contribution in [0.5, 0.6) is 0 Å². The molecule has 0 aliphatic heterocycles. The van der Waals surface area contributed by atoms with Gasteiger partial charge >= 0.3 is 0 Å². The van der Waals surface area contributed by atoms with E-state index in [2.05, 4.69) is 20.2 Å². The Morgan fingerprint density at radius 3 is 2.43 bits per heavy atom. The molecule has 54 heavy (non-hydrogen) atoms. The van der Waals surface area contributed by atoms with Crippen molar-refractivity contribution in [2.45, 2.75) is 43.7 Å². The number of carbonyl (C=O) groups is 1. The van der Waals surface area contributed by atoms with E-state index in [1.54, 1.807) is 18.2 Å². The molecule has 3 heterocycles. The molecule has 3 atom stereocenters. The predicted molar refractivity (Wildman–Crippen MR) is 183 cm³/mol. The number of halogens is 6. The van der Waals surface area contributed by atoms with Crippen molar-refractivity contribution in [2.75, 3.05) is 11.0 Å². The molecular formula is C35H28F6N8O4S. The number of hydrogen-bond acceptors (Lipinski definition) is 7. The Hall–Kier alpha value is -5.72. The second kappa shape index (κ2) is 12.4. The Morgan fingerprint density at radius 1 is 1.02 bits per heavy atom. The first-order valence-corrected chi connectivity index (χ1v) is 18.4. The highest BCUT2D eigenvalue weighted by molar-refractivity contribution is 7.92. The van der Waals surface area contributed by atoms with E-state index in [0.29, 0.717) is 10.7 Å². The Kier molecular flexibility index (Phi) is 8.13. The van der Waals surface area contributed by atoms with E-state index in [9.17, 15) is 35.6 Å². The molecule has 1 fully saturated rings. The molecule has 3 aromatic carbocycles. The van der Waals surface area contributed by atoms with Crippen LogP contribution in [-0.4, -0.2) is 49.7 Å². The van der Waals surface area contributed by atoms with E-state index in [1.807, 2.05) is 0 Å². The molecule has 1 saturated carbocycles. The molecule has 1 amide bonds. The molecule has 0 radical (unpaired) electrons. The third kappa shape index (κ3) is 5.95. The van der Waals surface area contributed by atoms with Crippen LogP contribution >= 0.6 is 0 Å². The summed E-state index contributed by atoms with van der Waals surface area (Å²) in [5.74, 6) is -8.61. The molecule has 0 saturated heterocycles. The smallest absolute Gasteiger partial charge is 0.293 e. The molecule has 8 rings (SSSR count). The fraction of sp³-hybridized carbons (Fsp3) is 0.286. The lowest BCUT2D eigenvalue weighted by Crippen LogP contribution is -2.38. The number of aryl methyl sites for hydroxylation is 1. The van der Waals surface area contributed by atoms with Gasteiger partial charge < -0.3 is 5.32 Å². The number of benzene rings is 3. The van der Waals surface area contributed by atoms with Gasteiger partial charge in [0.05, 0.1) is 34.4 Å². The van der Waals surface area contributed by atoms with Crippen molar-refractivity contribution < 1.29 is 39.6 Å². The fourth-order valence-electron chi connectivity index (χ4n) is 7.49. The zero-order chi connectivity index (χ0) is 38.4. The van der Waals surface area contributed by atoms with Gasteiger partial charge in [-0.1, -0.05) is 18.2 Å². The first-order valence-electron chi connectivity index (χ1n) is 16.5. The van der Waals surface area contributed by atoms with Gasteiger partial charge in [0.2, 0.25) is 15.9 Å². The Morgan fingerprint density at radius 2 is 1.72 bits per heavy atom. The van der Waals surface area contributed by atoms with Crippen molar-refractivity contribution in [3.63, 3.8) is 0 Å². The molecule has 19 heteroatoms. The summed E-state index contributed by atoms with van der Waals surface area (Å²) in [6.07, 6.45) is -2.61. The van der Waals surface area contributed by atoms with Gasteiger partial charge in [0, 0.05) is 36.4 Å². The van der Waals surface area contributed by atoms with Crippen LogP contribution in [0.2, 0.25) is 0 Å². The van der Waals surface area contributed by atoms with Crippen LogP contribution < -0.4 is 15.6 Å². The van der Waals surface area contributed by atoms with Gasteiger partial charge in [-0.05, 0) is 54.3 Å². The number of hydrogen-bond donors (Lipinski definition) is 2. The van der Waals surface area contributed by atoms with Crippen molar-refractivity contribution in [1.29, 1.82) is 0 Å². The van der Waals surface area contributed by atoms with Gasteiger partial charge in [0.15, 0.2) is 5.82 Å². The van der Waals surface area contributed by atoms with Crippen LogP contribution in [0.15, 0.2) is 65.5 Å². The van der Waals surface area contributed by atoms with Crippen molar-refractivity contribution in [3.05, 3.63) is 111 Å². The summed E-state index contributed by atoms with van der Waals surface area (Å²) in [5.41, 5.74) is -1.96. The van der Waals surface area contributed by atoms with Gasteiger partial charge in [0.25, 0.3) is 17.9 Å². The molecule has 12 nitrogen and oxygen atoms in total. The van der Waals surface area contributed by atoms with Gasteiger partial charge in [-0.25, -0.2) is 31.0 Å². The molecule has 2 unspecified atom stereocenters. The number of fused-ring (bicyclic) bond motifs is 5. The number of carbonyl (C=O) groups excluding carboxylic acids is 1. The lowest BCUT2D eigenvalue weighted by molar-refractivity contribution is -0.123. The maximum Gasteiger partial charge on any atom is 0.293 e. The summed E-state index contributed by atoms with van der Waals surface area (Å²) in [6.45, 7) is -0.937. The van der Waals surface area contributed by atoms with Crippen LogP contribution in [-0.2, 0) is 40.8 Å². The SMILES string of the molecule is Cn1nc(NS(C)(=O)=O)c2cccc(-n3c([C@H](Cc4cc(F)cc(F)c4)NC(=O)Cn4nc(C(F)F)c5c4C(F)(F)C4CC54)nc4ccccc4c3=O)c21. The highest BCUT2D eigenvalue weighted by Crippen LogP contribution is 2.68. The minimum Gasteiger partial charge on any atom is -0.344 e. The summed E-state index contributed by atoms with van der Waals surface area (Å²) < 4.78 is 117. The summed E-state index contributed by atoms with van der Waals surface area (Å²) in [7, 11) is -2.30. The standard InChI is InChI=1S/C35H28F6N8O4S/c1-47-29-20(32(45-47)46-54(2,52)53)7-5-9-25(29)49-33(43-23-8-4-3-6-19(23)34(49)51)24(12-16-10-17(36)13-18(37)11-16)42-26(50)15-48-30-27(28(44-48)31(38)39)21-14-22(21)35(30,40)41/h3-11,13,21-22,24,31H,12,14-15H2,1-2H3,(H,42,50)(H,45,46)/t21?,22?,24-/m0/s1. The fourth-order valence-corrected chi connectivity index (χ4v) is 7.99. The number of rotatable bonds is 10. The second-order valence-corrected chi connectivity index (χ2v) is 15.2. The van der Waals surface area contributed by atoms with Gasteiger partial charge in [0.1, 0.15) is 35.4 Å². The number of nitrogens with zero attached hydrogens (tertiary/aromatic N) is 6. The first-order chi connectivity index (χ1) is 25.5. The van der Waals surface area contributed by atoms with Crippen LogP contribution in [0.4, 0.5) is 32.2 Å². The highest BCUT2D eigenvalue weighted by atomic mass is 32.2. The monoisotopic (exact) mass is 770 g/mol. The third-order valence-corrected chi connectivity index (χ3v) is 10.2. The summed E-state index contributed by atoms with van der Waals surface area (Å²) in [6, 6.07) is 12.0. The first kappa shape index (κ1) is 35.3. The molecule has 280 valence electrons. The summed E-state index contributed by atoms with van der Waals surface area (Å²) >= 11 is 0. The Bertz CT molecular complexity index is 2690. The highest BCUT2D eigenvalue weighted by Gasteiger charge is 2.67. The maximum absolute atomic E-state index is 15.3. The second-order valence-electron chi connectivity index (χ2n) is 13.4. The van der Waals surface area contributed by atoms with E-state index >= 15 is 8.78 Å². The number of sulfonamides is 1. The normalized spacial score (nSPS) is 17.9. The molecule has 2 N–H and O–H groups in total. The molecule has 6 aromatic rings. The lowest BCUT2D eigenvalue weighted by Gasteiger charge is -2.24. The number of para-hydroxylation sites is 2. The number of nitrogens with one attached hydrogen (secondary N) is 2. The van der Waals surface area contributed by atoms with Crippen LogP contribution in [0.1, 0.15) is 53.1 Å². The molecule has 0 spiro atoms.